The molecule has 0 amide bonds. The third-order valence-electron chi connectivity index (χ3n) is 4.31. The van der Waals surface area contributed by atoms with Crippen LogP contribution in [0.1, 0.15) is 25.7 Å². The lowest BCUT2D eigenvalue weighted by Gasteiger charge is -2.50. The van der Waals surface area contributed by atoms with Gasteiger partial charge in [0.25, 0.3) is 0 Å². The SMILES string of the molecule is Fc1ccc(NC2CC3(CCNCC3)C2)cc1F. The van der Waals surface area contributed by atoms with Crippen molar-refractivity contribution >= 4 is 5.69 Å². The number of nitrogens with one attached hydrogen (secondary N) is 2. The monoisotopic (exact) mass is 252 g/mol. The maximum absolute atomic E-state index is 13.1. The lowest BCUT2D eigenvalue weighted by Crippen LogP contribution is -2.50. The number of anilines is 1. The zero-order chi connectivity index (χ0) is 12.6. The Bertz CT molecular complexity index is 433. The van der Waals surface area contributed by atoms with E-state index in [1.54, 1.807) is 6.07 Å². The maximum Gasteiger partial charge on any atom is 0.160 e. The van der Waals surface area contributed by atoms with Crippen LogP contribution in [0.2, 0.25) is 0 Å². The van der Waals surface area contributed by atoms with Crippen LogP contribution in [0, 0.1) is 17.0 Å². The fraction of sp³-hybridized carbons (Fsp3) is 0.571. The average molecular weight is 252 g/mol. The van der Waals surface area contributed by atoms with Gasteiger partial charge in [0.15, 0.2) is 11.6 Å². The van der Waals surface area contributed by atoms with E-state index in [2.05, 4.69) is 10.6 Å². The lowest BCUT2D eigenvalue weighted by molar-refractivity contribution is 0.0718. The van der Waals surface area contributed by atoms with E-state index in [0.29, 0.717) is 17.1 Å². The molecule has 4 heteroatoms. The van der Waals surface area contributed by atoms with Crippen LogP contribution in [-0.4, -0.2) is 19.1 Å². The molecule has 2 fully saturated rings. The van der Waals surface area contributed by atoms with Crippen LogP contribution in [0.25, 0.3) is 0 Å². The minimum Gasteiger partial charge on any atom is -0.382 e. The van der Waals surface area contributed by atoms with Crippen molar-refractivity contribution in [1.29, 1.82) is 0 Å². The highest BCUT2D eigenvalue weighted by atomic mass is 19.2. The minimum absolute atomic E-state index is 0.410. The van der Waals surface area contributed by atoms with E-state index in [4.69, 9.17) is 0 Å². The third kappa shape index (κ3) is 2.21. The standard InChI is InChI=1S/C14H18F2N2/c15-12-2-1-10(7-13(12)16)18-11-8-14(9-11)3-5-17-6-4-14/h1-2,7,11,17-18H,3-6,8-9H2. The summed E-state index contributed by atoms with van der Waals surface area (Å²) in [6, 6.07) is 4.43. The van der Waals surface area contributed by atoms with Crippen LogP contribution in [-0.2, 0) is 0 Å². The fourth-order valence-corrected chi connectivity index (χ4v) is 3.27. The second kappa shape index (κ2) is 4.50. The molecule has 1 saturated carbocycles. The molecule has 1 aromatic rings. The van der Waals surface area contributed by atoms with Crippen LogP contribution in [0.5, 0.6) is 0 Å². The van der Waals surface area contributed by atoms with Gasteiger partial charge in [-0.05, 0) is 56.3 Å². The molecule has 0 radical (unpaired) electrons. The van der Waals surface area contributed by atoms with Gasteiger partial charge in [-0.2, -0.15) is 0 Å². The van der Waals surface area contributed by atoms with E-state index in [0.717, 1.165) is 25.9 Å². The topological polar surface area (TPSA) is 24.1 Å². The summed E-state index contributed by atoms with van der Waals surface area (Å²) in [5.74, 6) is -1.57. The molecular weight excluding hydrogens is 234 g/mol. The first-order valence-electron chi connectivity index (χ1n) is 6.59. The average Bonchev–Trinajstić information content (AvgIpc) is 2.33. The lowest BCUT2D eigenvalue weighted by atomic mass is 9.60. The van der Waals surface area contributed by atoms with Gasteiger partial charge in [0, 0.05) is 17.8 Å². The van der Waals surface area contributed by atoms with Crippen LogP contribution in [0.3, 0.4) is 0 Å². The molecule has 1 aliphatic heterocycles. The Labute approximate surface area is 106 Å². The van der Waals surface area contributed by atoms with Gasteiger partial charge >= 0.3 is 0 Å². The molecule has 1 saturated heterocycles. The van der Waals surface area contributed by atoms with Gasteiger partial charge in [-0.1, -0.05) is 0 Å². The number of hydrogen-bond donors (Lipinski definition) is 2. The van der Waals surface area contributed by atoms with Gasteiger partial charge in [-0.3, -0.25) is 0 Å². The van der Waals surface area contributed by atoms with Gasteiger partial charge in [0.2, 0.25) is 0 Å². The number of rotatable bonds is 2. The molecule has 2 aliphatic rings. The second-order valence-corrected chi connectivity index (χ2v) is 5.63. The summed E-state index contributed by atoms with van der Waals surface area (Å²) < 4.78 is 25.9. The van der Waals surface area contributed by atoms with Gasteiger partial charge in [0.1, 0.15) is 0 Å². The number of piperidine rings is 1. The number of benzene rings is 1. The van der Waals surface area contributed by atoms with Gasteiger partial charge < -0.3 is 10.6 Å². The molecule has 98 valence electrons. The van der Waals surface area contributed by atoms with E-state index < -0.39 is 11.6 Å². The smallest absolute Gasteiger partial charge is 0.160 e. The molecule has 1 heterocycles. The van der Waals surface area contributed by atoms with Gasteiger partial charge in [0.05, 0.1) is 0 Å². The Balaban J connectivity index is 1.57. The van der Waals surface area contributed by atoms with E-state index in [-0.39, 0.29) is 0 Å². The predicted molar refractivity (Wildman–Crippen MR) is 67.5 cm³/mol. The van der Waals surface area contributed by atoms with Crippen molar-refractivity contribution in [2.75, 3.05) is 18.4 Å². The van der Waals surface area contributed by atoms with Crippen molar-refractivity contribution in [2.45, 2.75) is 31.7 Å². The Morgan fingerprint density at radius 3 is 2.50 bits per heavy atom. The molecule has 0 atom stereocenters. The summed E-state index contributed by atoms with van der Waals surface area (Å²) in [6.45, 7) is 2.22. The third-order valence-corrected chi connectivity index (χ3v) is 4.31. The van der Waals surface area contributed by atoms with Crippen molar-refractivity contribution in [3.8, 4) is 0 Å². The molecule has 1 spiro atoms. The van der Waals surface area contributed by atoms with Crippen molar-refractivity contribution in [3.63, 3.8) is 0 Å². The molecule has 3 rings (SSSR count). The summed E-state index contributed by atoms with van der Waals surface area (Å²) in [7, 11) is 0. The summed E-state index contributed by atoms with van der Waals surface area (Å²) in [6.07, 6.45) is 4.77. The van der Waals surface area contributed by atoms with Crippen molar-refractivity contribution in [3.05, 3.63) is 29.8 Å². The van der Waals surface area contributed by atoms with E-state index in [9.17, 15) is 8.78 Å². The summed E-state index contributed by atoms with van der Waals surface area (Å²) in [5, 5.41) is 6.67. The highest BCUT2D eigenvalue weighted by Crippen LogP contribution is 2.48. The Morgan fingerprint density at radius 1 is 1.11 bits per heavy atom. The maximum atomic E-state index is 13.1. The van der Waals surface area contributed by atoms with Gasteiger partial charge in [-0.25, -0.2) is 8.78 Å². The zero-order valence-corrected chi connectivity index (χ0v) is 10.3. The van der Waals surface area contributed by atoms with Crippen LogP contribution >= 0.6 is 0 Å². The molecule has 2 nitrogen and oxygen atoms in total. The Hall–Kier alpha value is -1.16. The highest BCUT2D eigenvalue weighted by molar-refractivity contribution is 5.45. The fourth-order valence-electron chi connectivity index (χ4n) is 3.27. The zero-order valence-electron chi connectivity index (χ0n) is 10.3. The Kier molecular flexibility index (Phi) is 2.98. The van der Waals surface area contributed by atoms with E-state index in [1.807, 2.05) is 0 Å². The molecule has 2 N–H and O–H groups in total. The summed E-state index contributed by atoms with van der Waals surface area (Å²) in [4.78, 5) is 0. The van der Waals surface area contributed by atoms with Crippen molar-refractivity contribution < 1.29 is 8.78 Å². The molecule has 1 aromatic carbocycles. The quantitative estimate of drug-likeness (QED) is 0.845. The van der Waals surface area contributed by atoms with Gasteiger partial charge in [-0.15, -0.1) is 0 Å². The molecule has 1 aliphatic carbocycles. The highest BCUT2D eigenvalue weighted by Gasteiger charge is 2.44. The predicted octanol–water partition coefficient (Wildman–Crippen LogP) is 2.91. The molecular formula is C14H18F2N2. The Morgan fingerprint density at radius 2 is 1.83 bits per heavy atom. The van der Waals surface area contributed by atoms with Crippen molar-refractivity contribution in [1.82, 2.24) is 5.32 Å². The summed E-state index contributed by atoms with van der Waals surface area (Å²) >= 11 is 0. The number of hydrogen-bond acceptors (Lipinski definition) is 2. The van der Waals surface area contributed by atoms with E-state index >= 15 is 0 Å². The van der Waals surface area contributed by atoms with Crippen LogP contribution in [0.15, 0.2) is 18.2 Å². The first-order chi connectivity index (χ1) is 8.67. The minimum atomic E-state index is -0.788. The first kappa shape index (κ1) is 11.9. The molecule has 0 unspecified atom stereocenters. The molecule has 18 heavy (non-hydrogen) atoms. The largest absolute Gasteiger partial charge is 0.382 e. The molecule has 0 bridgehead atoms. The first-order valence-corrected chi connectivity index (χ1v) is 6.59. The number of halogens is 2. The van der Waals surface area contributed by atoms with E-state index in [1.165, 1.54) is 25.0 Å². The summed E-state index contributed by atoms with van der Waals surface area (Å²) in [5.41, 5.74) is 1.18. The molecule has 0 aromatic heterocycles. The second-order valence-electron chi connectivity index (χ2n) is 5.63. The van der Waals surface area contributed by atoms with Crippen molar-refractivity contribution in [2.24, 2.45) is 5.41 Å². The van der Waals surface area contributed by atoms with Crippen LogP contribution in [0.4, 0.5) is 14.5 Å². The normalized spacial score (nSPS) is 22.8. The van der Waals surface area contributed by atoms with Crippen LogP contribution < -0.4 is 10.6 Å².